The number of fused-ring (bicyclic) bond motifs is 3. The third kappa shape index (κ3) is 4.73. The first-order valence-electron chi connectivity index (χ1n) is 9.78. The predicted octanol–water partition coefficient (Wildman–Crippen LogP) is 3.30. The number of rotatable bonds is 7. The number of carbonyl (C=O) groups is 1. The first-order valence-corrected chi connectivity index (χ1v) is 10.5. The summed E-state index contributed by atoms with van der Waals surface area (Å²) in [5.41, 5.74) is 9.45. The minimum absolute atomic E-state index is 0.0318. The molecule has 1 unspecified atom stereocenters. The summed E-state index contributed by atoms with van der Waals surface area (Å²) < 4.78 is 5.77. The molecule has 0 saturated heterocycles. The molecule has 2 aromatic carbocycles. The van der Waals surface area contributed by atoms with Crippen LogP contribution in [0.3, 0.4) is 0 Å². The number of nitrogens with two attached hydrogens (primary N) is 1. The Balaban J connectivity index is 1.39. The quantitative estimate of drug-likeness (QED) is 0.517. The topological polar surface area (TPSA) is 91.6 Å². The molecule has 0 bridgehead atoms. The van der Waals surface area contributed by atoms with Gasteiger partial charge in [0.1, 0.15) is 18.5 Å². The highest BCUT2D eigenvalue weighted by Gasteiger charge is 2.23. The fourth-order valence-electron chi connectivity index (χ4n) is 3.95. The van der Waals surface area contributed by atoms with Crippen molar-refractivity contribution in [2.45, 2.75) is 25.5 Å². The minimum atomic E-state index is -0.683. The number of hydrogen-bond donors (Lipinski definition) is 3. The summed E-state index contributed by atoms with van der Waals surface area (Å²) in [5, 5.41) is 12.9. The summed E-state index contributed by atoms with van der Waals surface area (Å²) in [4.78, 5) is 17.0. The third-order valence-corrected chi connectivity index (χ3v) is 5.77. The number of aliphatic hydroxyl groups is 1. The van der Waals surface area contributed by atoms with Gasteiger partial charge >= 0.3 is 0 Å². The molecule has 0 fully saturated rings. The van der Waals surface area contributed by atoms with E-state index in [1.807, 2.05) is 18.2 Å². The fourth-order valence-corrected chi connectivity index (χ4v) is 4.32. The van der Waals surface area contributed by atoms with E-state index in [0.29, 0.717) is 27.9 Å². The second-order valence-corrected chi connectivity index (χ2v) is 8.49. The number of halogens is 2. The SMILES string of the molecule is NC(=O)Cc1cc(Cl)ccc1OCC(O)CN1CCc2[nH]c3ccc(Cl)cc3c2C1. The number of carbonyl (C=O) groups excluding carboxylic acids is 1. The van der Waals surface area contributed by atoms with Gasteiger partial charge in [0.05, 0.1) is 6.42 Å². The highest BCUT2D eigenvalue weighted by Crippen LogP contribution is 2.30. The van der Waals surface area contributed by atoms with E-state index in [-0.39, 0.29) is 13.0 Å². The molecule has 1 amide bonds. The molecule has 3 aromatic rings. The molecule has 8 heteroatoms. The van der Waals surface area contributed by atoms with Crippen LogP contribution in [0.2, 0.25) is 10.0 Å². The summed E-state index contributed by atoms with van der Waals surface area (Å²) in [5.74, 6) is 0.0371. The zero-order chi connectivity index (χ0) is 21.3. The molecule has 0 saturated carbocycles. The number of benzene rings is 2. The summed E-state index contributed by atoms with van der Waals surface area (Å²) in [7, 11) is 0. The molecule has 1 atom stereocenters. The van der Waals surface area contributed by atoms with Gasteiger partial charge in [-0.15, -0.1) is 0 Å². The van der Waals surface area contributed by atoms with E-state index in [1.165, 1.54) is 11.3 Å². The second-order valence-electron chi connectivity index (χ2n) is 7.62. The standard InChI is InChI=1S/C22H23Cl2N3O3/c23-14-2-4-21(13(7-14)8-22(25)29)30-12-16(28)10-27-6-5-20-18(11-27)17-9-15(24)1-3-19(17)26-20/h1-4,7,9,16,26,28H,5-6,8,10-12H2,(H2,25,29). The van der Waals surface area contributed by atoms with Crippen molar-refractivity contribution in [3.8, 4) is 5.75 Å². The number of hydrogen-bond acceptors (Lipinski definition) is 4. The van der Waals surface area contributed by atoms with Crippen LogP contribution in [0.5, 0.6) is 5.75 Å². The average Bonchev–Trinajstić information content (AvgIpc) is 3.04. The van der Waals surface area contributed by atoms with Crippen molar-refractivity contribution in [2.24, 2.45) is 5.73 Å². The highest BCUT2D eigenvalue weighted by molar-refractivity contribution is 6.31. The van der Waals surface area contributed by atoms with Crippen molar-refractivity contribution in [3.63, 3.8) is 0 Å². The molecule has 0 aliphatic carbocycles. The molecule has 1 aromatic heterocycles. The van der Waals surface area contributed by atoms with Gasteiger partial charge in [0.2, 0.25) is 5.91 Å². The van der Waals surface area contributed by atoms with E-state index in [0.717, 1.165) is 30.4 Å². The van der Waals surface area contributed by atoms with Crippen LogP contribution in [0.4, 0.5) is 0 Å². The number of aliphatic hydroxyl groups excluding tert-OH is 1. The monoisotopic (exact) mass is 447 g/mol. The van der Waals surface area contributed by atoms with Gasteiger partial charge in [-0.05, 0) is 42.0 Å². The van der Waals surface area contributed by atoms with Gasteiger partial charge in [-0.1, -0.05) is 23.2 Å². The zero-order valence-corrected chi connectivity index (χ0v) is 17.8. The van der Waals surface area contributed by atoms with Crippen molar-refractivity contribution >= 4 is 40.0 Å². The Bertz CT molecular complexity index is 1080. The number of β-amino-alcohol motifs (C(OH)–C–C–N with tert-alkyl or cyclic N) is 1. The predicted molar refractivity (Wildman–Crippen MR) is 118 cm³/mol. The van der Waals surface area contributed by atoms with Gasteiger partial charge in [-0.2, -0.15) is 0 Å². The van der Waals surface area contributed by atoms with E-state index in [4.69, 9.17) is 33.7 Å². The number of ether oxygens (including phenoxy) is 1. The number of aromatic amines is 1. The molecule has 4 rings (SSSR count). The molecule has 30 heavy (non-hydrogen) atoms. The number of aromatic nitrogens is 1. The first-order chi connectivity index (χ1) is 14.4. The Hall–Kier alpha value is -2.25. The molecular formula is C22H23Cl2N3O3. The smallest absolute Gasteiger partial charge is 0.221 e. The second kappa shape index (κ2) is 8.86. The normalized spacial score (nSPS) is 15.2. The van der Waals surface area contributed by atoms with Crippen molar-refractivity contribution in [1.29, 1.82) is 0 Å². The van der Waals surface area contributed by atoms with Crippen LogP contribution >= 0.6 is 23.2 Å². The van der Waals surface area contributed by atoms with Gasteiger partial charge in [0.25, 0.3) is 0 Å². The summed E-state index contributed by atoms with van der Waals surface area (Å²) in [6, 6.07) is 10.9. The summed E-state index contributed by atoms with van der Waals surface area (Å²) in [6.07, 6.45) is 0.233. The Kier molecular flexibility index (Phi) is 6.20. The van der Waals surface area contributed by atoms with Gasteiger partial charge in [-0.25, -0.2) is 0 Å². The number of nitrogens with zero attached hydrogens (tertiary/aromatic N) is 1. The van der Waals surface area contributed by atoms with Gasteiger partial charge < -0.3 is 20.6 Å². The average molecular weight is 448 g/mol. The molecular weight excluding hydrogens is 425 g/mol. The number of nitrogens with one attached hydrogen (secondary N) is 1. The number of H-pyrrole nitrogens is 1. The van der Waals surface area contributed by atoms with Crippen LogP contribution in [-0.2, 0) is 24.2 Å². The molecule has 0 spiro atoms. The van der Waals surface area contributed by atoms with Crippen LogP contribution in [0, 0.1) is 0 Å². The van der Waals surface area contributed by atoms with E-state index in [2.05, 4.69) is 9.88 Å². The maximum Gasteiger partial charge on any atom is 0.221 e. The Morgan fingerprint density at radius 3 is 2.80 bits per heavy atom. The lowest BCUT2D eigenvalue weighted by molar-refractivity contribution is -0.117. The van der Waals surface area contributed by atoms with Crippen molar-refractivity contribution in [3.05, 3.63) is 63.3 Å². The fraction of sp³-hybridized carbons (Fsp3) is 0.318. The highest BCUT2D eigenvalue weighted by atomic mass is 35.5. The maximum absolute atomic E-state index is 11.3. The van der Waals surface area contributed by atoms with Crippen LogP contribution in [0.25, 0.3) is 10.9 Å². The zero-order valence-electron chi connectivity index (χ0n) is 16.3. The molecule has 1 aliphatic rings. The summed E-state index contributed by atoms with van der Waals surface area (Å²) >= 11 is 12.2. The molecule has 6 nitrogen and oxygen atoms in total. The van der Waals surface area contributed by atoms with Crippen LogP contribution in [0.15, 0.2) is 36.4 Å². The molecule has 158 valence electrons. The van der Waals surface area contributed by atoms with Gasteiger partial charge in [0.15, 0.2) is 0 Å². The van der Waals surface area contributed by atoms with E-state index < -0.39 is 12.0 Å². The number of primary amides is 1. The van der Waals surface area contributed by atoms with Crippen LogP contribution in [0.1, 0.15) is 16.8 Å². The Morgan fingerprint density at radius 1 is 1.23 bits per heavy atom. The molecule has 1 aliphatic heterocycles. The Morgan fingerprint density at radius 2 is 2.00 bits per heavy atom. The lowest BCUT2D eigenvalue weighted by Crippen LogP contribution is -2.38. The Labute approximate surface area is 184 Å². The minimum Gasteiger partial charge on any atom is -0.491 e. The largest absolute Gasteiger partial charge is 0.491 e. The van der Waals surface area contributed by atoms with E-state index in [1.54, 1.807) is 18.2 Å². The third-order valence-electron chi connectivity index (χ3n) is 5.30. The molecule has 0 radical (unpaired) electrons. The van der Waals surface area contributed by atoms with Crippen LogP contribution < -0.4 is 10.5 Å². The lowest BCUT2D eigenvalue weighted by Gasteiger charge is -2.29. The summed E-state index contributed by atoms with van der Waals surface area (Å²) in [6.45, 7) is 2.17. The van der Waals surface area contributed by atoms with Crippen LogP contribution in [-0.4, -0.2) is 46.7 Å². The van der Waals surface area contributed by atoms with Gasteiger partial charge in [0, 0.05) is 58.3 Å². The maximum atomic E-state index is 11.3. The van der Waals surface area contributed by atoms with E-state index >= 15 is 0 Å². The molecule has 4 N–H and O–H groups in total. The van der Waals surface area contributed by atoms with Crippen molar-refractivity contribution < 1.29 is 14.6 Å². The van der Waals surface area contributed by atoms with Crippen molar-refractivity contribution in [2.75, 3.05) is 19.7 Å². The van der Waals surface area contributed by atoms with Crippen molar-refractivity contribution in [1.82, 2.24) is 9.88 Å². The van der Waals surface area contributed by atoms with Gasteiger partial charge in [-0.3, -0.25) is 9.69 Å². The van der Waals surface area contributed by atoms with E-state index in [9.17, 15) is 9.90 Å². The lowest BCUT2D eigenvalue weighted by atomic mass is 10.0. The first kappa shape index (κ1) is 21.0. The number of amides is 1. The molecule has 2 heterocycles.